The van der Waals surface area contributed by atoms with E-state index in [1.165, 1.54) is 0 Å². The van der Waals surface area contributed by atoms with Crippen molar-refractivity contribution in [1.29, 1.82) is 0 Å². The van der Waals surface area contributed by atoms with Gasteiger partial charge < -0.3 is 0 Å². The summed E-state index contributed by atoms with van der Waals surface area (Å²) in [6.07, 6.45) is 4.68. The molecule has 1 aliphatic rings. The molecule has 0 saturated heterocycles. The van der Waals surface area contributed by atoms with Crippen molar-refractivity contribution in [3.63, 3.8) is 0 Å². The minimum Gasteiger partial charge on any atom is -0.243 e. The molecule has 1 aromatic rings. The molecule has 1 heterocycles. The zero-order valence-corrected chi connectivity index (χ0v) is 10.8. The molecule has 0 spiro atoms. The fourth-order valence-electron chi connectivity index (χ4n) is 1.74. The summed E-state index contributed by atoms with van der Waals surface area (Å²) >= 11 is 0. The lowest BCUT2D eigenvalue weighted by molar-refractivity contribution is -0.820. The van der Waals surface area contributed by atoms with Gasteiger partial charge in [-0.15, -0.1) is 0 Å². The number of nitrogens with two attached hydrogens (primary N) is 1. The predicted molar refractivity (Wildman–Crippen MR) is 64.8 cm³/mol. The van der Waals surface area contributed by atoms with Gasteiger partial charge in [0, 0.05) is 5.57 Å². The number of fused-ring (bicyclic) bond motifs is 1. The highest BCUT2D eigenvalue weighted by atomic mass is 16.6. The summed E-state index contributed by atoms with van der Waals surface area (Å²) in [5.74, 6) is 0.357. The molecule has 5 nitrogen and oxygen atoms in total. The van der Waals surface area contributed by atoms with Crippen LogP contribution in [0, 0.1) is 5.92 Å². The minimum absolute atomic E-state index is 0.357. The summed E-state index contributed by atoms with van der Waals surface area (Å²) < 4.78 is 4.67. The number of allylic oxidation sites excluding steroid dienone is 2. The Labute approximate surface area is 101 Å². The first-order valence-electron chi connectivity index (χ1n) is 5.94. The van der Waals surface area contributed by atoms with Crippen molar-refractivity contribution < 1.29 is 15.3 Å². The van der Waals surface area contributed by atoms with Gasteiger partial charge in [-0.25, -0.2) is 9.84 Å². The third-order valence-electron chi connectivity index (χ3n) is 2.55. The van der Waals surface area contributed by atoms with Crippen molar-refractivity contribution in [1.82, 2.24) is 10.3 Å². The smallest absolute Gasteiger partial charge is 0.198 e. The molecule has 1 aromatic heterocycles. The van der Waals surface area contributed by atoms with Crippen molar-refractivity contribution in [2.45, 2.75) is 34.1 Å². The van der Waals surface area contributed by atoms with E-state index in [0.29, 0.717) is 17.3 Å². The maximum atomic E-state index is 9.28. The SMILES string of the molecule is CC.CC(C)C1=C([NH2+]O)c2nonc2C=CC1. The largest absolute Gasteiger partial charge is 0.243 e. The Hall–Kier alpha value is -1.46. The van der Waals surface area contributed by atoms with E-state index in [4.69, 9.17) is 0 Å². The molecule has 3 N–H and O–H groups in total. The second-order valence-corrected chi connectivity index (χ2v) is 3.83. The number of rotatable bonds is 2. The molecule has 2 rings (SSSR count). The Kier molecular flexibility index (Phi) is 5.06. The lowest BCUT2D eigenvalue weighted by atomic mass is 9.97. The van der Waals surface area contributed by atoms with Crippen LogP contribution in [-0.2, 0) is 0 Å². The fraction of sp³-hybridized carbons (Fsp3) is 0.500. The van der Waals surface area contributed by atoms with Gasteiger partial charge >= 0.3 is 0 Å². The quantitative estimate of drug-likeness (QED) is 0.771. The van der Waals surface area contributed by atoms with Gasteiger partial charge in [0.15, 0.2) is 11.4 Å². The van der Waals surface area contributed by atoms with Gasteiger partial charge in [0.25, 0.3) is 0 Å². The van der Waals surface area contributed by atoms with E-state index in [2.05, 4.69) is 28.8 Å². The second-order valence-electron chi connectivity index (χ2n) is 3.83. The molecule has 1 aliphatic carbocycles. The Balaban J connectivity index is 0.000000686. The highest BCUT2D eigenvalue weighted by molar-refractivity contribution is 5.68. The predicted octanol–water partition coefficient (Wildman–Crippen LogP) is 1.83. The van der Waals surface area contributed by atoms with E-state index in [0.717, 1.165) is 23.2 Å². The van der Waals surface area contributed by atoms with Crippen molar-refractivity contribution in [2.24, 2.45) is 5.92 Å². The standard InChI is InChI=1S/C10H13N3O2.C2H6/c1-6(2)7-4-3-5-8-10(9(7)11-14)13-15-12-8;1-2/h3,5-6,11,14H,4H2,1-2H3;1-2H3/p+1. The molecule has 0 unspecified atom stereocenters. The average molecular weight is 238 g/mol. The Bertz CT molecular complexity index is 419. The van der Waals surface area contributed by atoms with Crippen LogP contribution in [0.3, 0.4) is 0 Å². The molecular formula is C12H20N3O2+. The van der Waals surface area contributed by atoms with Crippen LogP contribution in [-0.4, -0.2) is 15.5 Å². The first-order valence-corrected chi connectivity index (χ1v) is 5.94. The van der Waals surface area contributed by atoms with Crippen molar-refractivity contribution in [2.75, 3.05) is 0 Å². The molecule has 17 heavy (non-hydrogen) atoms. The second kappa shape index (κ2) is 6.32. The van der Waals surface area contributed by atoms with Crippen LogP contribution in [0.15, 0.2) is 16.3 Å². The van der Waals surface area contributed by atoms with Gasteiger partial charge in [0.2, 0.25) is 0 Å². The zero-order valence-electron chi connectivity index (χ0n) is 10.8. The number of quaternary nitrogens is 1. The van der Waals surface area contributed by atoms with E-state index in [-0.39, 0.29) is 0 Å². The van der Waals surface area contributed by atoms with Crippen LogP contribution in [0.1, 0.15) is 45.5 Å². The van der Waals surface area contributed by atoms with E-state index in [1.54, 1.807) is 0 Å². The maximum Gasteiger partial charge on any atom is 0.198 e. The van der Waals surface area contributed by atoms with Gasteiger partial charge in [-0.1, -0.05) is 33.8 Å². The Morgan fingerprint density at radius 3 is 2.65 bits per heavy atom. The van der Waals surface area contributed by atoms with Crippen LogP contribution in [0.2, 0.25) is 0 Å². The molecule has 0 aliphatic heterocycles. The van der Waals surface area contributed by atoms with E-state index >= 15 is 0 Å². The lowest BCUT2D eigenvalue weighted by Crippen LogP contribution is -2.77. The summed E-state index contributed by atoms with van der Waals surface area (Å²) in [6, 6.07) is 0. The van der Waals surface area contributed by atoms with Crippen molar-refractivity contribution in [3.05, 3.63) is 23.0 Å². The summed E-state index contributed by atoms with van der Waals surface area (Å²) in [7, 11) is 0. The normalized spacial score (nSPS) is 14.2. The number of nitrogens with zero attached hydrogens (tertiary/aromatic N) is 2. The van der Waals surface area contributed by atoms with Gasteiger partial charge in [-0.05, 0) is 28.7 Å². The molecule has 0 aromatic carbocycles. The van der Waals surface area contributed by atoms with Gasteiger partial charge in [-0.2, -0.15) is 5.48 Å². The summed E-state index contributed by atoms with van der Waals surface area (Å²) in [4.78, 5) is 0. The molecule has 0 atom stereocenters. The molecule has 0 radical (unpaired) electrons. The molecular weight excluding hydrogens is 218 g/mol. The highest BCUT2D eigenvalue weighted by Crippen LogP contribution is 2.26. The van der Waals surface area contributed by atoms with Crippen LogP contribution >= 0.6 is 0 Å². The van der Waals surface area contributed by atoms with Crippen LogP contribution in [0.5, 0.6) is 0 Å². The van der Waals surface area contributed by atoms with Gasteiger partial charge in [0.1, 0.15) is 5.69 Å². The highest BCUT2D eigenvalue weighted by Gasteiger charge is 2.24. The zero-order chi connectivity index (χ0) is 12.8. The number of aromatic nitrogens is 2. The summed E-state index contributed by atoms with van der Waals surface area (Å²) in [5.41, 5.74) is 4.25. The first-order chi connectivity index (χ1) is 8.24. The fourth-order valence-corrected chi connectivity index (χ4v) is 1.74. The van der Waals surface area contributed by atoms with Crippen molar-refractivity contribution >= 4 is 11.8 Å². The molecule has 0 bridgehead atoms. The van der Waals surface area contributed by atoms with E-state index < -0.39 is 0 Å². The van der Waals surface area contributed by atoms with E-state index in [9.17, 15) is 5.21 Å². The Morgan fingerprint density at radius 2 is 2.06 bits per heavy atom. The van der Waals surface area contributed by atoms with Crippen LogP contribution in [0.25, 0.3) is 11.8 Å². The molecule has 94 valence electrons. The number of hydroxylamine groups is 1. The van der Waals surface area contributed by atoms with Gasteiger partial charge in [-0.3, -0.25) is 0 Å². The summed E-state index contributed by atoms with van der Waals surface area (Å²) in [5, 5.41) is 16.9. The Morgan fingerprint density at radius 1 is 1.35 bits per heavy atom. The van der Waals surface area contributed by atoms with Gasteiger partial charge in [0.05, 0.1) is 0 Å². The number of hydrogen-bond acceptors (Lipinski definition) is 4. The topological polar surface area (TPSA) is 75.8 Å². The molecule has 0 amide bonds. The van der Waals surface area contributed by atoms with Crippen molar-refractivity contribution in [3.8, 4) is 0 Å². The molecule has 0 saturated carbocycles. The molecule has 0 fully saturated rings. The number of hydrogen-bond donors (Lipinski definition) is 2. The lowest BCUT2D eigenvalue weighted by Gasteiger charge is -2.09. The van der Waals surface area contributed by atoms with E-state index in [1.807, 2.05) is 26.0 Å². The third-order valence-corrected chi connectivity index (χ3v) is 2.55. The average Bonchev–Trinajstić information content (AvgIpc) is 2.72. The third kappa shape index (κ3) is 2.81. The first kappa shape index (κ1) is 13.6. The van der Waals surface area contributed by atoms with Crippen LogP contribution in [0.4, 0.5) is 0 Å². The molecule has 5 heteroatoms. The minimum atomic E-state index is 0.357. The summed E-state index contributed by atoms with van der Waals surface area (Å²) in [6.45, 7) is 8.18. The van der Waals surface area contributed by atoms with Crippen LogP contribution < -0.4 is 5.48 Å². The monoisotopic (exact) mass is 238 g/mol. The maximum absolute atomic E-state index is 9.28.